The van der Waals surface area contributed by atoms with E-state index >= 15 is 0 Å². The van der Waals surface area contributed by atoms with Gasteiger partial charge in [-0.15, -0.1) is 0 Å². The Balaban J connectivity index is 1.63. The molecule has 0 aromatic heterocycles. The molecule has 0 saturated carbocycles. The number of benzene rings is 1. The van der Waals surface area contributed by atoms with Crippen LogP contribution in [0.2, 0.25) is 5.02 Å². The van der Waals surface area contributed by atoms with Crippen molar-refractivity contribution < 1.29 is 19.1 Å². The fourth-order valence-electron chi connectivity index (χ4n) is 3.46. The van der Waals surface area contributed by atoms with E-state index in [0.29, 0.717) is 44.0 Å². The Hall–Kier alpha value is -2.28. The average molecular weight is 408 g/mol. The van der Waals surface area contributed by atoms with Gasteiger partial charge in [0, 0.05) is 43.3 Å². The lowest BCUT2D eigenvalue weighted by atomic mass is 9.90. The molecule has 1 aromatic rings. The largest absolute Gasteiger partial charge is 0.444 e. The maximum absolute atomic E-state index is 12.2. The average Bonchev–Trinajstić information content (AvgIpc) is 2.61. The van der Waals surface area contributed by atoms with Crippen LogP contribution in [0.4, 0.5) is 10.5 Å². The Morgan fingerprint density at radius 1 is 1.18 bits per heavy atom. The van der Waals surface area contributed by atoms with Crippen LogP contribution in [-0.4, -0.2) is 54.6 Å². The highest BCUT2D eigenvalue weighted by Gasteiger charge is 2.30. The minimum absolute atomic E-state index is 0.239. The first-order valence-corrected chi connectivity index (χ1v) is 9.88. The first kappa shape index (κ1) is 20.5. The van der Waals surface area contributed by atoms with Crippen molar-refractivity contribution >= 4 is 35.2 Å². The summed E-state index contributed by atoms with van der Waals surface area (Å²) in [6, 6.07) is 5.65. The molecule has 7 nitrogen and oxygen atoms in total. The fraction of sp³-hybridized carbons (Fsp3) is 0.550. The Labute approximate surface area is 169 Å². The van der Waals surface area contributed by atoms with Gasteiger partial charge in [-0.1, -0.05) is 17.7 Å². The van der Waals surface area contributed by atoms with Gasteiger partial charge in [0.05, 0.1) is 5.92 Å². The van der Waals surface area contributed by atoms with Gasteiger partial charge in [0.25, 0.3) is 0 Å². The molecule has 2 heterocycles. The number of nitrogens with one attached hydrogen (secondary N) is 1. The van der Waals surface area contributed by atoms with E-state index in [2.05, 4.69) is 10.2 Å². The summed E-state index contributed by atoms with van der Waals surface area (Å²) in [6.45, 7) is 8.05. The molecule has 1 atom stereocenters. The third-order valence-corrected chi connectivity index (χ3v) is 5.22. The molecule has 0 bridgehead atoms. The molecule has 152 valence electrons. The number of anilines is 1. The summed E-state index contributed by atoms with van der Waals surface area (Å²) >= 11 is 6.46. The number of imide groups is 1. The van der Waals surface area contributed by atoms with Crippen molar-refractivity contribution in [2.75, 3.05) is 31.1 Å². The monoisotopic (exact) mass is 407 g/mol. The second-order valence-corrected chi connectivity index (χ2v) is 8.57. The van der Waals surface area contributed by atoms with Gasteiger partial charge in [0.15, 0.2) is 0 Å². The lowest BCUT2D eigenvalue weighted by Gasteiger charge is -2.37. The molecule has 0 spiro atoms. The molecule has 8 heteroatoms. The van der Waals surface area contributed by atoms with Crippen LogP contribution in [0, 0.1) is 0 Å². The summed E-state index contributed by atoms with van der Waals surface area (Å²) in [7, 11) is 0. The molecule has 1 N–H and O–H groups in total. The summed E-state index contributed by atoms with van der Waals surface area (Å²) in [6.07, 6.45) is 0.498. The summed E-state index contributed by atoms with van der Waals surface area (Å²) < 4.78 is 5.42. The summed E-state index contributed by atoms with van der Waals surface area (Å²) in [5, 5.41) is 2.88. The number of carbonyl (C=O) groups excluding carboxylic acids is 3. The summed E-state index contributed by atoms with van der Waals surface area (Å²) in [5.74, 6) is -0.933. The zero-order valence-corrected chi connectivity index (χ0v) is 17.2. The minimum atomic E-state index is -0.506. The molecule has 28 heavy (non-hydrogen) atoms. The third-order valence-electron chi connectivity index (χ3n) is 4.90. The maximum atomic E-state index is 12.2. The maximum Gasteiger partial charge on any atom is 0.410 e. The van der Waals surface area contributed by atoms with E-state index in [1.54, 1.807) is 4.90 Å². The standard InChI is InChI=1S/C20H26ClN3O4/c1-20(2,3)28-19(27)24-10-8-23(9-11-24)13-4-5-14(16(21)12-13)15-6-7-17(25)22-18(15)26/h4-5,12,15H,6-11H2,1-3H3,(H,22,25,26). The van der Waals surface area contributed by atoms with Gasteiger partial charge in [-0.25, -0.2) is 4.79 Å². The van der Waals surface area contributed by atoms with E-state index in [-0.39, 0.29) is 17.9 Å². The molecular formula is C20H26ClN3O4. The van der Waals surface area contributed by atoms with E-state index in [9.17, 15) is 14.4 Å². The third kappa shape index (κ3) is 4.76. The predicted molar refractivity (Wildman–Crippen MR) is 107 cm³/mol. The van der Waals surface area contributed by atoms with Crippen LogP contribution in [-0.2, 0) is 14.3 Å². The van der Waals surface area contributed by atoms with Crippen LogP contribution in [0.3, 0.4) is 0 Å². The Morgan fingerprint density at radius 2 is 1.86 bits per heavy atom. The van der Waals surface area contributed by atoms with Gasteiger partial charge in [-0.3, -0.25) is 14.9 Å². The highest BCUT2D eigenvalue weighted by Crippen LogP contribution is 2.33. The molecule has 3 rings (SSSR count). The number of piperidine rings is 1. The predicted octanol–water partition coefficient (Wildman–Crippen LogP) is 2.92. The van der Waals surface area contributed by atoms with E-state index in [0.717, 1.165) is 11.3 Å². The normalized spacial score (nSPS) is 20.8. The number of halogens is 1. The van der Waals surface area contributed by atoms with Crippen molar-refractivity contribution in [1.82, 2.24) is 10.2 Å². The Morgan fingerprint density at radius 3 is 2.43 bits per heavy atom. The van der Waals surface area contributed by atoms with Crippen LogP contribution < -0.4 is 10.2 Å². The molecule has 2 fully saturated rings. The molecule has 2 saturated heterocycles. The number of hydrogen-bond acceptors (Lipinski definition) is 5. The molecule has 0 aliphatic carbocycles. The SMILES string of the molecule is CC(C)(C)OC(=O)N1CCN(c2ccc(C3CCC(=O)NC3=O)c(Cl)c2)CC1. The minimum Gasteiger partial charge on any atom is -0.444 e. The first-order chi connectivity index (χ1) is 13.1. The van der Waals surface area contributed by atoms with Gasteiger partial charge in [-0.2, -0.15) is 0 Å². The summed E-state index contributed by atoms with van der Waals surface area (Å²) in [5.41, 5.74) is 1.18. The van der Waals surface area contributed by atoms with E-state index in [1.807, 2.05) is 39.0 Å². The molecule has 0 radical (unpaired) electrons. The van der Waals surface area contributed by atoms with Crippen molar-refractivity contribution in [2.45, 2.75) is 45.1 Å². The number of nitrogens with zero attached hydrogens (tertiary/aromatic N) is 2. The highest BCUT2D eigenvalue weighted by atomic mass is 35.5. The van der Waals surface area contributed by atoms with Gasteiger partial charge in [0.1, 0.15) is 5.60 Å². The van der Waals surface area contributed by atoms with Crippen LogP contribution >= 0.6 is 11.6 Å². The first-order valence-electron chi connectivity index (χ1n) is 9.50. The van der Waals surface area contributed by atoms with E-state index in [4.69, 9.17) is 16.3 Å². The Kier molecular flexibility index (Phi) is 5.84. The topological polar surface area (TPSA) is 79.0 Å². The van der Waals surface area contributed by atoms with Gasteiger partial charge in [-0.05, 0) is 44.9 Å². The molecule has 1 aromatic carbocycles. The van der Waals surface area contributed by atoms with Crippen LogP contribution in [0.15, 0.2) is 18.2 Å². The zero-order chi connectivity index (χ0) is 20.5. The number of piperazine rings is 1. The number of hydrogen-bond donors (Lipinski definition) is 1. The highest BCUT2D eigenvalue weighted by molar-refractivity contribution is 6.32. The lowest BCUT2D eigenvalue weighted by Crippen LogP contribution is -2.50. The second-order valence-electron chi connectivity index (χ2n) is 8.16. The molecule has 3 amide bonds. The molecular weight excluding hydrogens is 382 g/mol. The smallest absolute Gasteiger partial charge is 0.410 e. The van der Waals surface area contributed by atoms with Crippen LogP contribution in [0.1, 0.15) is 45.1 Å². The van der Waals surface area contributed by atoms with Crippen molar-refractivity contribution in [3.63, 3.8) is 0 Å². The van der Waals surface area contributed by atoms with Crippen molar-refractivity contribution in [1.29, 1.82) is 0 Å². The van der Waals surface area contributed by atoms with Crippen molar-refractivity contribution in [2.24, 2.45) is 0 Å². The van der Waals surface area contributed by atoms with E-state index < -0.39 is 11.5 Å². The second kappa shape index (κ2) is 7.99. The van der Waals surface area contributed by atoms with Crippen LogP contribution in [0.25, 0.3) is 0 Å². The summed E-state index contributed by atoms with van der Waals surface area (Å²) in [4.78, 5) is 39.5. The number of carbonyl (C=O) groups is 3. The Bertz CT molecular complexity index is 782. The zero-order valence-electron chi connectivity index (χ0n) is 16.5. The lowest BCUT2D eigenvalue weighted by molar-refractivity contribution is -0.134. The van der Waals surface area contributed by atoms with Crippen LogP contribution in [0.5, 0.6) is 0 Å². The quantitative estimate of drug-likeness (QED) is 0.762. The van der Waals surface area contributed by atoms with Gasteiger partial charge >= 0.3 is 6.09 Å². The number of ether oxygens (including phenoxy) is 1. The fourth-order valence-corrected chi connectivity index (χ4v) is 3.77. The van der Waals surface area contributed by atoms with Gasteiger partial charge in [0.2, 0.25) is 11.8 Å². The van der Waals surface area contributed by atoms with E-state index in [1.165, 1.54) is 0 Å². The molecule has 1 unspecified atom stereocenters. The molecule has 2 aliphatic heterocycles. The number of amides is 3. The molecule has 2 aliphatic rings. The number of rotatable bonds is 2. The van der Waals surface area contributed by atoms with Gasteiger partial charge < -0.3 is 14.5 Å². The van der Waals surface area contributed by atoms with Crippen molar-refractivity contribution in [3.8, 4) is 0 Å². The van der Waals surface area contributed by atoms with Crippen molar-refractivity contribution in [3.05, 3.63) is 28.8 Å².